The number of fused-ring (bicyclic) bond motifs is 1. The molecule has 1 aliphatic rings. The van der Waals surface area contributed by atoms with Gasteiger partial charge in [0.1, 0.15) is 11.4 Å². The number of nitro benzene ring substituents is 1. The van der Waals surface area contributed by atoms with Crippen LogP contribution >= 0.6 is 0 Å². The Morgan fingerprint density at radius 1 is 1.12 bits per heavy atom. The van der Waals surface area contributed by atoms with E-state index in [-0.39, 0.29) is 22.6 Å². The SMILES string of the molecule is CC1=NN(c2ccccc2)C(=O)C1c1ccc([N+](=O)[O-])c2nonc12. The average molecular weight is 337 g/mol. The number of para-hydroxylation sites is 1. The highest BCUT2D eigenvalue weighted by Gasteiger charge is 2.38. The Bertz CT molecular complexity index is 1030. The van der Waals surface area contributed by atoms with Crippen LogP contribution in [0, 0.1) is 10.1 Å². The van der Waals surface area contributed by atoms with Crippen molar-refractivity contribution < 1.29 is 14.3 Å². The van der Waals surface area contributed by atoms with Gasteiger partial charge in [-0.05, 0) is 35.4 Å². The Morgan fingerprint density at radius 3 is 2.56 bits per heavy atom. The van der Waals surface area contributed by atoms with E-state index in [4.69, 9.17) is 0 Å². The molecule has 0 N–H and O–H groups in total. The van der Waals surface area contributed by atoms with Crippen LogP contribution in [-0.4, -0.2) is 26.9 Å². The number of carbonyl (C=O) groups is 1. The Balaban J connectivity index is 1.81. The standard InChI is InChI=1S/C16H11N5O4/c1-9-13(16(22)20(17-9)10-5-3-2-4-6-10)11-7-8-12(21(23)24)15-14(11)18-25-19-15/h2-8,13H,1H3. The molecule has 0 aliphatic carbocycles. The van der Waals surface area contributed by atoms with Crippen molar-refractivity contribution in [3.8, 4) is 0 Å². The normalized spacial score (nSPS) is 17.2. The third kappa shape index (κ3) is 2.24. The zero-order valence-corrected chi connectivity index (χ0v) is 13.0. The number of amides is 1. The van der Waals surface area contributed by atoms with Crippen LogP contribution in [0.3, 0.4) is 0 Å². The lowest BCUT2D eigenvalue weighted by Crippen LogP contribution is -2.25. The maximum Gasteiger partial charge on any atom is 0.300 e. The number of aromatic nitrogens is 2. The molecule has 124 valence electrons. The highest BCUT2D eigenvalue weighted by Crippen LogP contribution is 2.35. The van der Waals surface area contributed by atoms with E-state index in [0.29, 0.717) is 17.0 Å². The predicted octanol–water partition coefficient (Wildman–Crippen LogP) is 2.64. The van der Waals surface area contributed by atoms with Crippen molar-refractivity contribution in [2.75, 3.05) is 5.01 Å². The van der Waals surface area contributed by atoms with Crippen LogP contribution in [0.2, 0.25) is 0 Å². The van der Waals surface area contributed by atoms with Gasteiger partial charge in [0.25, 0.3) is 5.91 Å². The first-order chi connectivity index (χ1) is 12.1. The molecule has 0 fully saturated rings. The van der Waals surface area contributed by atoms with Gasteiger partial charge < -0.3 is 0 Å². The quantitative estimate of drug-likeness (QED) is 0.536. The van der Waals surface area contributed by atoms with Crippen molar-refractivity contribution in [3.63, 3.8) is 0 Å². The van der Waals surface area contributed by atoms with E-state index >= 15 is 0 Å². The van der Waals surface area contributed by atoms with Crippen LogP contribution < -0.4 is 5.01 Å². The number of benzene rings is 2. The minimum absolute atomic E-state index is 0.0151. The van der Waals surface area contributed by atoms with Crippen molar-refractivity contribution in [2.45, 2.75) is 12.8 Å². The number of nitro groups is 1. The van der Waals surface area contributed by atoms with E-state index in [1.165, 1.54) is 17.1 Å². The molecule has 1 atom stereocenters. The van der Waals surface area contributed by atoms with E-state index in [1.54, 1.807) is 19.1 Å². The molecule has 0 radical (unpaired) electrons. The molecular weight excluding hydrogens is 326 g/mol. The first-order valence-electron chi connectivity index (χ1n) is 7.41. The number of non-ortho nitro benzene ring substituents is 1. The molecule has 25 heavy (non-hydrogen) atoms. The molecule has 0 bridgehead atoms. The van der Waals surface area contributed by atoms with Crippen LogP contribution in [0.15, 0.2) is 52.2 Å². The van der Waals surface area contributed by atoms with Crippen LogP contribution in [-0.2, 0) is 4.79 Å². The smallest absolute Gasteiger partial charge is 0.271 e. The summed E-state index contributed by atoms with van der Waals surface area (Å²) in [4.78, 5) is 23.4. The monoisotopic (exact) mass is 337 g/mol. The first-order valence-corrected chi connectivity index (χ1v) is 7.41. The molecule has 9 nitrogen and oxygen atoms in total. The zero-order chi connectivity index (χ0) is 17.6. The number of carbonyl (C=O) groups excluding carboxylic acids is 1. The first kappa shape index (κ1) is 14.9. The largest absolute Gasteiger partial charge is 0.300 e. The molecule has 9 heteroatoms. The summed E-state index contributed by atoms with van der Waals surface area (Å²) in [6.45, 7) is 1.73. The van der Waals surface area contributed by atoms with Gasteiger partial charge in [-0.1, -0.05) is 18.2 Å². The van der Waals surface area contributed by atoms with Crippen LogP contribution in [0.25, 0.3) is 11.0 Å². The molecule has 1 amide bonds. The molecule has 2 aromatic carbocycles. The number of hydrogen-bond donors (Lipinski definition) is 0. The number of hydrazone groups is 1. The number of anilines is 1. The minimum atomic E-state index is -0.699. The second-order valence-electron chi connectivity index (χ2n) is 5.55. The fourth-order valence-corrected chi connectivity index (χ4v) is 2.93. The maximum absolute atomic E-state index is 12.9. The molecule has 1 aliphatic heterocycles. The van der Waals surface area contributed by atoms with E-state index < -0.39 is 10.8 Å². The third-order valence-electron chi connectivity index (χ3n) is 4.07. The van der Waals surface area contributed by atoms with Crippen molar-refractivity contribution in [1.29, 1.82) is 0 Å². The summed E-state index contributed by atoms with van der Waals surface area (Å²) in [5, 5.41) is 24.1. The van der Waals surface area contributed by atoms with Crippen molar-refractivity contribution in [3.05, 3.63) is 58.1 Å². The predicted molar refractivity (Wildman–Crippen MR) is 88.2 cm³/mol. The lowest BCUT2D eigenvalue weighted by Gasteiger charge is -2.14. The second kappa shape index (κ2) is 5.48. The molecule has 1 aromatic heterocycles. The summed E-state index contributed by atoms with van der Waals surface area (Å²) >= 11 is 0. The molecule has 0 saturated heterocycles. The van der Waals surface area contributed by atoms with Gasteiger partial charge in [-0.15, -0.1) is 0 Å². The van der Waals surface area contributed by atoms with Gasteiger partial charge in [-0.3, -0.25) is 14.9 Å². The van der Waals surface area contributed by atoms with Crippen molar-refractivity contribution in [1.82, 2.24) is 10.3 Å². The van der Waals surface area contributed by atoms with E-state index in [9.17, 15) is 14.9 Å². The van der Waals surface area contributed by atoms with Crippen LogP contribution in [0.1, 0.15) is 18.4 Å². The number of rotatable bonds is 3. The Labute approximate surface area is 140 Å². The Hall–Kier alpha value is -3.62. The fourth-order valence-electron chi connectivity index (χ4n) is 2.93. The summed E-state index contributed by atoms with van der Waals surface area (Å²) in [5.41, 5.74) is 1.67. The number of hydrogen-bond acceptors (Lipinski definition) is 7. The molecule has 3 aromatic rings. The fraction of sp³-hybridized carbons (Fsp3) is 0.125. The van der Waals surface area contributed by atoms with E-state index in [1.807, 2.05) is 18.2 Å². The van der Waals surface area contributed by atoms with E-state index in [0.717, 1.165) is 0 Å². The van der Waals surface area contributed by atoms with Crippen molar-refractivity contribution >= 4 is 34.0 Å². The molecule has 1 unspecified atom stereocenters. The summed E-state index contributed by atoms with van der Waals surface area (Å²) in [7, 11) is 0. The van der Waals surface area contributed by atoms with Gasteiger partial charge in [-0.25, -0.2) is 4.63 Å². The maximum atomic E-state index is 12.9. The highest BCUT2D eigenvalue weighted by atomic mass is 16.6. The second-order valence-corrected chi connectivity index (χ2v) is 5.55. The summed E-state index contributed by atoms with van der Waals surface area (Å²) in [6, 6.07) is 11.8. The van der Waals surface area contributed by atoms with Crippen LogP contribution in [0.4, 0.5) is 11.4 Å². The van der Waals surface area contributed by atoms with Gasteiger partial charge in [0, 0.05) is 11.6 Å². The van der Waals surface area contributed by atoms with Crippen molar-refractivity contribution in [2.24, 2.45) is 5.10 Å². The molecule has 0 spiro atoms. The number of nitrogens with zero attached hydrogens (tertiary/aromatic N) is 5. The third-order valence-corrected chi connectivity index (χ3v) is 4.07. The molecule has 2 heterocycles. The minimum Gasteiger partial charge on any atom is -0.271 e. The lowest BCUT2D eigenvalue weighted by atomic mass is 9.93. The van der Waals surface area contributed by atoms with Crippen LogP contribution in [0.5, 0.6) is 0 Å². The molecule has 4 rings (SSSR count). The van der Waals surface area contributed by atoms with Gasteiger partial charge >= 0.3 is 5.69 Å². The van der Waals surface area contributed by atoms with Gasteiger partial charge in [0.2, 0.25) is 5.52 Å². The molecular formula is C16H11N5O4. The zero-order valence-electron chi connectivity index (χ0n) is 13.0. The Morgan fingerprint density at radius 2 is 1.84 bits per heavy atom. The molecule has 0 saturated carbocycles. The highest BCUT2D eigenvalue weighted by molar-refractivity contribution is 6.20. The summed E-state index contributed by atoms with van der Waals surface area (Å²) in [6.07, 6.45) is 0. The summed E-state index contributed by atoms with van der Waals surface area (Å²) < 4.78 is 4.67. The van der Waals surface area contributed by atoms with Gasteiger partial charge in [-0.2, -0.15) is 10.1 Å². The average Bonchev–Trinajstić information content (AvgIpc) is 3.20. The van der Waals surface area contributed by atoms with E-state index in [2.05, 4.69) is 20.0 Å². The topological polar surface area (TPSA) is 115 Å². The lowest BCUT2D eigenvalue weighted by molar-refractivity contribution is -0.383. The Kier molecular flexibility index (Phi) is 3.27. The van der Waals surface area contributed by atoms with Gasteiger partial charge in [0.15, 0.2) is 0 Å². The van der Waals surface area contributed by atoms with Gasteiger partial charge in [0.05, 0.1) is 16.3 Å². The summed E-state index contributed by atoms with van der Waals surface area (Å²) in [5.74, 6) is -0.961.